The maximum absolute atomic E-state index is 13.6. The Morgan fingerprint density at radius 2 is 1.40 bits per heavy atom. The summed E-state index contributed by atoms with van der Waals surface area (Å²) in [5, 5.41) is 0. The van der Waals surface area contributed by atoms with Crippen LogP contribution in [0.1, 0.15) is 59.3 Å². The van der Waals surface area contributed by atoms with Crippen LogP contribution in [-0.4, -0.2) is 23.4 Å². The van der Waals surface area contributed by atoms with E-state index in [-0.39, 0.29) is 5.82 Å². The van der Waals surface area contributed by atoms with Crippen LogP contribution in [0.15, 0.2) is 18.5 Å². The van der Waals surface area contributed by atoms with Gasteiger partial charge in [0, 0.05) is 0 Å². The quantitative estimate of drug-likeness (QED) is 0.499. The Morgan fingerprint density at radius 3 is 1.80 bits per heavy atom. The molecule has 0 aromatic carbocycles. The first-order chi connectivity index (χ1) is 9.68. The summed E-state index contributed by atoms with van der Waals surface area (Å²) in [6.45, 7) is 6.79. The fourth-order valence-corrected chi connectivity index (χ4v) is 18.8. The second kappa shape index (κ2) is 9.75. The number of pyridine rings is 1. The summed E-state index contributed by atoms with van der Waals surface area (Å²) >= 11 is -2.44. The Kier molecular flexibility index (Phi) is 8.74. The van der Waals surface area contributed by atoms with Crippen molar-refractivity contribution in [2.45, 2.75) is 72.6 Å². The van der Waals surface area contributed by atoms with E-state index in [1.807, 2.05) is 12.3 Å². The fourth-order valence-electron chi connectivity index (χ4n) is 3.06. The van der Waals surface area contributed by atoms with Crippen LogP contribution in [0.4, 0.5) is 4.39 Å². The van der Waals surface area contributed by atoms with Gasteiger partial charge in [-0.15, -0.1) is 0 Å². The molecule has 1 aromatic rings. The molecule has 0 fully saturated rings. The Balaban J connectivity index is 3.04. The van der Waals surface area contributed by atoms with Gasteiger partial charge < -0.3 is 0 Å². The molecule has 20 heavy (non-hydrogen) atoms. The summed E-state index contributed by atoms with van der Waals surface area (Å²) in [4.78, 5) is 4.15. The zero-order valence-corrected chi connectivity index (χ0v) is 16.3. The van der Waals surface area contributed by atoms with Crippen molar-refractivity contribution in [3.63, 3.8) is 0 Å². The van der Waals surface area contributed by atoms with Crippen molar-refractivity contribution < 1.29 is 4.39 Å². The average Bonchev–Trinajstić information content (AvgIpc) is 2.47. The summed E-state index contributed by atoms with van der Waals surface area (Å²) < 4.78 is 19.1. The third-order valence-corrected chi connectivity index (χ3v) is 19.8. The van der Waals surface area contributed by atoms with E-state index in [1.54, 1.807) is 0 Å². The molecular formula is C17H30FNSn. The van der Waals surface area contributed by atoms with Crippen LogP contribution < -0.4 is 3.58 Å². The van der Waals surface area contributed by atoms with Crippen LogP contribution in [0.3, 0.4) is 0 Å². The van der Waals surface area contributed by atoms with Gasteiger partial charge in [0.2, 0.25) is 0 Å². The van der Waals surface area contributed by atoms with E-state index in [0.29, 0.717) is 0 Å². The number of nitrogens with zero attached hydrogens (tertiary/aromatic N) is 1. The summed E-state index contributed by atoms with van der Waals surface area (Å²) in [5.74, 6) is -0.145. The molecule has 1 aromatic heterocycles. The van der Waals surface area contributed by atoms with Crippen molar-refractivity contribution in [1.29, 1.82) is 0 Å². The van der Waals surface area contributed by atoms with Crippen molar-refractivity contribution >= 4 is 22.0 Å². The molecule has 0 saturated carbocycles. The number of rotatable bonds is 10. The summed E-state index contributed by atoms with van der Waals surface area (Å²) in [5.41, 5.74) is 0. The molecule has 0 spiro atoms. The van der Waals surface area contributed by atoms with Gasteiger partial charge in [0.05, 0.1) is 0 Å². The number of halogens is 1. The molecular weight excluding hydrogens is 356 g/mol. The first kappa shape index (κ1) is 17.9. The Labute approximate surface area is 128 Å². The molecule has 0 N–H and O–H groups in total. The number of hydrogen-bond acceptors (Lipinski definition) is 1. The molecule has 1 rings (SSSR count). The van der Waals surface area contributed by atoms with E-state index in [2.05, 4.69) is 25.8 Å². The van der Waals surface area contributed by atoms with E-state index < -0.39 is 18.4 Å². The molecule has 3 heteroatoms. The molecule has 0 aliphatic heterocycles. The van der Waals surface area contributed by atoms with Crippen LogP contribution >= 0.6 is 0 Å². The third kappa shape index (κ3) is 5.34. The average molecular weight is 386 g/mol. The van der Waals surface area contributed by atoms with Crippen LogP contribution in [0, 0.1) is 5.82 Å². The Hall–Kier alpha value is -0.121. The van der Waals surface area contributed by atoms with Gasteiger partial charge in [-0.2, -0.15) is 0 Å². The second-order valence-corrected chi connectivity index (χ2v) is 19.2. The molecule has 1 nitrogen and oxygen atoms in total. The van der Waals surface area contributed by atoms with Crippen LogP contribution in [0.2, 0.25) is 13.3 Å². The zero-order chi connectivity index (χ0) is 14.8. The fraction of sp³-hybridized carbons (Fsp3) is 0.706. The normalized spacial score (nSPS) is 11.8. The van der Waals surface area contributed by atoms with Crippen molar-refractivity contribution in [2.24, 2.45) is 0 Å². The van der Waals surface area contributed by atoms with E-state index in [4.69, 9.17) is 0 Å². The third-order valence-electron chi connectivity index (χ3n) is 4.34. The summed E-state index contributed by atoms with van der Waals surface area (Å²) in [6, 6.07) is 1.81. The van der Waals surface area contributed by atoms with Gasteiger partial charge in [-0.05, 0) is 0 Å². The van der Waals surface area contributed by atoms with Crippen LogP contribution in [0.25, 0.3) is 0 Å². The predicted molar refractivity (Wildman–Crippen MR) is 88.7 cm³/mol. The van der Waals surface area contributed by atoms with Gasteiger partial charge in [0.1, 0.15) is 0 Å². The van der Waals surface area contributed by atoms with Gasteiger partial charge in [-0.25, -0.2) is 0 Å². The monoisotopic (exact) mass is 387 g/mol. The van der Waals surface area contributed by atoms with Gasteiger partial charge in [0.15, 0.2) is 0 Å². The first-order valence-electron chi connectivity index (χ1n) is 8.29. The molecule has 0 amide bonds. The van der Waals surface area contributed by atoms with Crippen LogP contribution in [-0.2, 0) is 0 Å². The SMILES string of the molecule is CCC[CH2][Sn]([CH2]CCC)([CH2]CCC)[c]1cncc(F)c1. The standard InChI is InChI=1S/C5H3FN.3C4H9.Sn/c6-5-2-1-3-7-4-5;3*1-3-4-2;/h2-4H;3*1,3-4H2,2H3;. The van der Waals surface area contributed by atoms with Gasteiger partial charge >= 0.3 is 128 Å². The maximum atomic E-state index is 13.6. The molecule has 0 atom stereocenters. The first-order valence-corrected chi connectivity index (χ1v) is 15.8. The summed E-state index contributed by atoms with van der Waals surface area (Å²) in [6.07, 6.45) is 11.0. The molecule has 0 aliphatic rings. The Morgan fingerprint density at radius 1 is 0.900 bits per heavy atom. The molecule has 114 valence electrons. The minimum absolute atomic E-state index is 0.145. The molecule has 0 saturated heterocycles. The van der Waals surface area contributed by atoms with Gasteiger partial charge in [-0.1, -0.05) is 0 Å². The summed E-state index contributed by atoms with van der Waals surface area (Å²) in [7, 11) is 0. The van der Waals surface area contributed by atoms with Crippen molar-refractivity contribution in [2.75, 3.05) is 0 Å². The van der Waals surface area contributed by atoms with E-state index in [1.165, 1.54) is 61.6 Å². The zero-order valence-electron chi connectivity index (χ0n) is 13.4. The molecule has 0 aliphatic carbocycles. The van der Waals surface area contributed by atoms with Gasteiger partial charge in [0.25, 0.3) is 0 Å². The van der Waals surface area contributed by atoms with E-state index >= 15 is 0 Å². The Bertz CT molecular complexity index is 359. The van der Waals surface area contributed by atoms with Gasteiger partial charge in [-0.3, -0.25) is 0 Å². The molecule has 0 unspecified atom stereocenters. The topological polar surface area (TPSA) is 12.9 Å². The number of unbranched alkanes of at least 4 members (excludes halogenated alkanes) is 3. The minimum atomic E-state index is -2.44. The number of hydrogen-bond donors (Lipinski definition) is 0. The second-order valence-electron chi connectivity index (χ2n) is 5.98. The van der Waals surface area contributed by atoms with Crippen molar-refractivity contribution in [1.82, 2.24) is 4.98 Å². The van der Waals surface area contributed by atoms with E-state index in [0.717, 1.165) is 0 Å². The molecule has 0 bridgehead atoms. The van der Waals surface area contributed by atoms with E-state index in [9.17, 15) is 4.39 Å². The molecule has 1 heterocycles. The number of aromatic nitrogens is 1. The molecule has 0 radical (unpaired) electrons. The van der Waals surface area contributed by atoms with Crippen molar-refractivity contribution in [3.8, 4) is 0 Å². The predicted octanol–water partition coefficient (Wildman–Crippen LogP) is 5.28. The van der Waals surface area contributed by atoms with Crippen molar-refractivity contribution in [3.05, 3.63) is 24.3 Å². The van der Waals surface area contributed by atoms with Crippen LogP contribution in [0.5, 0.6) is 0 Å².